The van der Waals surface area contributed by atoms with Crippen molar-refractivity contribution in [3.05, 3.63) is 11.4 Å². The largest absolute Gasteiger partial charge is 0.330 e. The van der Waals surface area contributed by atoms with Gasteiger partial charge in [-0.05, 0) is 38.6 Å². The fourth-order valence-corrected chi connectivity index (χ4v) is 4.81. The molecule has 3 N–H and O–H groups in total. The Morgan fingerprint density at radius 1 is 1.29 bits per heavy atom. The molecule has 0 spiro atoms. The molecule has 1 heterocycles. The minimum absolute atomic E-state index is 0.0880. The van der Waals surface area contributed by atoms with Gasteiger partial charge in [-0.25, -0.2) is 13.1 Å². The number of nitrogens with one attached hydrogen (secondary N) is 1. The summed E-state index contributed by atoms with van der Waals surface area (Å²) in [5, 5.41) is 4.18. The summed E-state index contributed by atoms with van der Waals surface area (Å²) >= 11 is 0. The van der Waals surface area contributed by atoms with Gasteiger partial charge in [-0.1, -0.05) is 19.3 Å². The van der Waals surface area contributed by atoms with Gasteiger partial charge in [0.1, 0.15) is 4.90 Å². The lowest BCUT2D eigenvalue weighted by molar-refractivity contribution is 0.202. The van der Waals surface area contributed by atoms with Gasteiger partial charge in [0.15, 0.2) is 0 Å². The number of sulfonamides is 1. The zero-order valence-electron chi connectivity index (χ0n) is 13.1. The lowest BCUT2D eigenvalue weighted by atomic mass is 9.74. The van der Waals surface area contributed by atoms with Crippen molar-refractivity contribution >= 4 is 10.0 Å². The molecule has 1 aliphatic carbocycles. The molecule has 0 amide bonds. The van der Waals surface area contributed by atoms with Gasteiger partial charge in [0.2, 0.25) is 10.0 Å². The van der Waals surface area contributed by atoms with Crippen LogP contribution in [0.15, 0.2) is 4.90 Å². The van der Waals surface area contributed by atoms with E-state index in [1.165, 1.54) is 6.42 Å². The van der Waals surface area contributed by atoms with Crippen molar-refractivity contribution < 1.29 is 8.42 Å². The van der Waals surface area contributed by atoms with E-state index in [9.17, 15) is 8.42 Å². The van der Waals surface area contributed by atoms with Crippen molar-refractivity contribution in [2.45, 2.75) is 50.8 Å². The van der Waals surface area contributed by atoms with Crippen LogP contribution in [0, 0.1) is 19.3 Å². The predicted octanol–water partition coefficient (Wildman–Crippen LogP) is 1.22. The summed E-state index contributed by atoms with van der Waals surface area (Å²) in [5.41, 5.74) is 7.02. The summed E-state index contributed by atoms with van der Waals surface area (Å²) in [4.78, 5) is 0.299. The molecule has 6 nitrogen and oxygen atoms in total. The SMILES string of the molecule is Cc1nn(C)c(C)c1S(=O)(=O)NCC1(CN)CCCCC1. The molecular weight excluding hydrogens is 288 g/mol. The van der Waals surface area contributed by atoms with Crippen LogP contribution in [0.2, 0.25) is 0 Å². The fourth-order valence-electron chi connectivity index (χ4n) is 3.22. The minimum Gasteiger partial charge on any atom is -0.330 e. The van der Waals surface area contributed by atoms with Crippen LogP contribution in [0.3, 0.4) is 0 Å². The molecule has 0 aliphatic heterocycles. The quantitative estimate of drug-likeness (QED) is 0.855. The predicted molar refractivity (Wildman–Crippen MR) is 82.4 cm³/mol. The highest BCUT2D eigenvalue weighted by Crippen LogP contribution is 2.35. The smallest absolute Gasteiger partial charge is 0.244 e. The standard InChI is InChI=1S/C14H26N4O2S/c1-11-13(12(2)18(3)17-11)21(19,20)16-10-14(9-15)7-5-4-6-8-14/h16H,4-10,15H2,1-3H3. The highest BCUT2D eigenvalue weighted by molar-refractivity contribution is 7.89. The normalized spacial score (nSPS) is 18.9. The van der Waals surface area contributed by atoms with Crippen molar-refractivity contribution in [2.75, 3.05) is 13.1 Å². The van der Waals surface area contributed by atoms with Crippen LogP contribution in [-0.4, -0.2) is 31.3 Å². The second-order valence-electron chi connectivity index (χ2n) is 6.21. The third-order valence-corrected chi connectivity index (χ3v) is 6.35. The first-order valence-corrected chi connectivity index (χ1v) is 9.00. The van der Waals surface area contributed by atoms with Gasteiger partial charge < -0.3 is 5.73 Å². The van der Waals surface area contributed by atoms with Crippen LogP contribution in [0.4, 0.5) is 0 Å². The summed E-state index contributed by atoms with van der Waals surface area (Å²) in [6, 6.07) is 0. The summed E-state index contributed by atoms with van der Waals surface area (Å²) in [6.45, 7) is 4.44. The maximum absolute atomic E-state index is 12.6. The van der Waals surface area contributed by atoms with Crippen LogP contribution in [0.5, 0.6) is 0 Å². The summed E-state index contributed by atoms with van der Waals surface area (Å²) < 4.78 is 29.5. The highest BCUT2D eigenvalue weighted by Gasteiger charge is 2.33. The molecule has 1 aromatic heterocycles. The molecule has 2 rings (SSSR count). The molecule has 21 heavy (non-hydrogen) atoms. The molecule has 1 aliphatic rings. The van der Waals surface area contributed by atoms with E-state index in [1.54, 1.807) is 25.6 Å². The summed E-state index contributed by atoms with van der Waals surface area (Å²) in [6.07, 6.45) is 5.47. The minimum atomic E-state index is -3.54. The molecule has 7 heteroatoms. The molecule has 0 bridgehead atoms. The first kappa shape index (κ1) is 16.5. The zero-order chi connectivity index (χ0) is 15.7. The van der Waals surface area contributed by atoms with Gasteiger partial charge in [-0.2, -0.15) is 5.10 Å². The highest BCUT2D eigenvalue weighted by atomic mass is 32.2. The van der Waals surface area contributed by atoms with Gasteiger partial charge >= 0.3 is 0 Å². The average molecular weight is 314 g/mol. The van der Waals surface area contributed by atoms with E-state index in [0.29, 0.717) is 29.4 Å². The topological polar surface area (TPSA) is 90.0 Å². The third-order valence-electron chi connectivity index (χ3n) is 4.70. The monoisotopic (exact) mass is 314 g/mol. The van der Waals surface area contributed by atoms with Crippen molar-refractivity contribution in [1.82, 2.24) is 14.5 Å². The second-order valence-corrected chi connectivity index (χ2v) is 7.92. The van der Waals surface area contributed by atoms with Crippen LogP contribution < -0.4 is 10.5 Å². The Kier molecular flexibility index (Phi) is 4.75. The summed E-state index contributed by atoms with van der Waals surface area (Å²) in [5.74, 6) is 0. The number of rotatable bonds is 5. The second kappa shape index (κ2) is 6.06. The van der Waals surface area contributed by atoms with Crippen LogP contribution in [-0.2, 0) is 17.1 Å². The molecular formula is C14H26N4O2S. The van der Waals surface area contributed by atoms with E-state index in [2.05, 4.69) is 9.82 Å². The van der Waals surface area contributed by atoms with E-state index < -0.39 is 10.0 Å². The van der Waals surface area contributed by atoms with Crippen molar-refractivity contribution in [2.24, 2.45) is 18.2 Å². The zero-order valence-corrected chi connectivity index (χ0v) is 14.0. The van der Waals surface area contributed by atoms with Gasteiger partial charge in [-0.3, -0.25) is 4.68 Å². The average Bonchev–Trinajstić information content (AvgIpc) is 2.71. The van der Waals surface area contributed by atoms with Crippen molar-refractivity contribution in [3.63, 3.8) is 0 Å². The number of aryl methyl sites for hydroxylation is 2. The van der Waals surface area contributed by atoms with Crippen molar-refractivity contribution in [1.29, 1.82) is 0 Å². The molecule has 0 radical (unpaired) electrons. The van der Waals surface area contributed by atoms with Gasteiger partial charge in [0.25, 0.3) is 0 Å². The van der Waals surface area contributed by atoms with E-state index in [-0.39, 0.29) is 5.41 Å². The van der Waals surface area contributed by atoms with Crippen molar-refractivity contribution in [3.8, 4) is 0 Å². The summed E-state index contributed by atoms with van der Waals surface area (Å²) in [7, 11) is -1.78. The Hall–Kier alpha value is -0.920. The molecule has 1 saturated carbocycles. The number of hydrogen-bond acceptors (Lipinski definition) is 4. The van der Waals surface area contributed by atoms with Gasteiger partial charge in [0.05, 0.1) is 11.4 Å². The van der Waals surface area contributed by atoms with Gasteiger partial charge in [0, 0.05) is 13.6 Å². The number of nitrogens with zero attached hydrogens (tertiary/aromatic N) is 2. The van der Waals surface area contributed by atoms with E-state index in [0.717, 1.165) is 25.7 Å². The van der Waals surface area contributed by atoms with E-state index in [4.69, 9.17) is 5.73 Å². The number of nitrogens with two attached hydrogens (primary N) is 1. The molecule has 0 unspecified atom stereocenters. The molecule has 0 aromatic carbocycles. The number of hydrogen-bond donors (Lipinski definition) is 2. The maximum atomic E-state index is 12.6. The maximum Gasteiger partial charge on any atom is 0.244 e. The number of aromatic nitrogens is 2. The molecule has 1 fully saturated rings. The fraction of sp³-hybridized carbons (Fsp3) is 0.786. The third kappa shape index (κ3) is 3.30. The molecule has 0 atom stereocenters. The van der Waals surface area contributed by atoms with Crippen LogP contribution >= 0.6 is 0 Å². The lowest BCUT2D eigenvalue weighted by Gasteiger charge is -2.36. The Morgan fingerprint density at radius 3 is 2.38 bits per heavy atom. The molecule has 0 saturated heterocycles. The van der Waals surface area contributed by atoms with E-state index >= 15 is 0 Å². The van der Waals surface area contributed by atoms with Crippen LogP contribution in [0.25, 0.3) is 0 Å². The Morgan fingerprint density at radius 2 is 1.90 bits per heavy atom. The van der Waals surface area contributed by atoms with Crippen LogP contribution in [0.1, 0.15) is 43.5 Å². The lowest BCUT2D eigenvalue weighted by Crippen LogP contribution is -2.43. The van der Waals surface area contributed by atoms with E-state index in [1.807, 2.05) is 0 Å². The Bertz CT molecular complexity index is 601. The Balaban J connectivity index is 2.18. The van der Waals surface area contributed by atoms with Gasteiger partial charge in [-0.15, -0.1) is 0 Å². The Labute approximate surface area is 127 Å². The first-order valence-electron chi connectivity index (χ1n) is 7.51. The first-order chi connectivity index (χ1) is 9.81. The molecule has 1 aromatic rings. The molecule has 120 valence electrons.